The van der Waals surface area contributed by atoms with Crippen LogP contribution in [0.5, 0.6) is 0 Å². The Morgan fingerprint density at radius 1 is 0.511 bits per heavy atom. The summed E-state index contributed by atoms with van der Waals surface area (Å²) >= 11 is 0. The van der Waals surface area contributed by atoms with E-state index in [4.69, 9.17) is 15.0 Å². The highest BCUT2D eigenvalue weighted by atomic mass is 15.2. The van der Waals surface area contributed by atoms with Crippen molar-refractivity contribution in [2.24, 2.45) is 0 Å². The lowest BCUT2D eigenvalue weighted by Gasteiger charge is -2.41. The zero-order valence-corrected chi connectivity index (χ0v) is 25.1. The van der Waals surface area contributed by atoms with E-state index >= 15 is 0 Å². The van der Waals surface area contributed by atoms with Crippen LogP contribution < -0.4 is 0 Å². The molecule has 0 saturated carbocycles. The van der Waals surface area contributed by atoms with Crippen LogP contribution >= 0.6 is 0 Å². The van der Waals surface area contributed by atoms with Crippen LogP contribution in [0.15, 0.2) is 146 Å². The second-order valence-electron chi connectivity index (χ2n) is 11.9. The molecule has 0 radical (unpaired) electrons. The summed E-state index contributed by atoms with van der Waals surface area (Å²) in [5.41, 5.74) is 7.63. The molecule has 0 aliphatic carbocycles. The first-order valence-corrected chi connectivity index (χ1v) is 15.9. The average molecular weight is 583 g/mol. The van der Waals surface area contributed by atoms with Crippen LogP contribution in [0.25, 0.3) is 44.1 Å². The van der Waals surface area contributed by atoms with E-state index in [-0.39, 0.29) is 12.1 Å². The Kier molecular flexibility index (Phi) is 7.34. The molecule has 218 valence electrons. The molecule has 0 bridgehead atoms. The third-order valence-corrected chi connectivity index (χ3v) is 9.18. The molecule has 1 fully saturated rings. The molecule has 2 atom stereocenters. The van der Waals surface area contributed by atoms with Crippen molar-refractivity contribution in [2.45, 2.75) is 37.9 Å². The molecule has 3 aromatic heterocycles. The van der Waals surface area contributed by atoms with Gasteiger partial charge in [0.2, 0.25) is 0 Å². The van der Waals surface area contributed by atoms with Crippen molar-refractivity contribution in [1.82, 2.24) is 19.9 Å². The first-order chi connectivity index (χ1) is 22.3. The number of likely N-dealkylation sites (tertiary alicyclic amines) is 1. The minimum atomic E-state index is 0.142. The molecule has 4 aromatic carbocycles. The van der Waals surface area contributed by atoms with Crippen molar-refractivity contribution in [3.8, 4) is 22.5 Å². The van der Waals surface area contributed by atoms with Gasteiger partial charge in [-0.15, -0.1) is 0 Å². The number of nitrogens with zero attached hydrogens (tertiary/aromatic N) is 4. The number of piperidine rings is 1. The molecule has 0 N–H and O–H groups in total. The van der Waals surface area contributed by atoms with E-state index in [2.05, 4.69) is 138 Å². The standard InChI is InChI=1S/C41H34N4/c1-3-17-32-29(12-1)14-7-19-34(32)36-21-9-23-38(43-36)40-25-11-26-41(45(40)28-31-16-5-6-27-42-31)39-24-10-22-37(44-39)35-20-8-15-30-13-2-4-18-33(30)35/h1-10,12-24,27,40-41H,11,25-26,28H2/t40-,41-/m0/s1. The highest BCUT2D eigenvalue weighted by molar-refractivity contribution is 5.96. The molecule has 8 rings (SSSR count). The van der Waals surface area contributed by atoms with Gasteiger partial charge < -0.3 is 0 Å². The summed E-state index contributed by atoms with van der Waals surface area (Å²) in [4.78, 5) is 18.0. The van der Waals surface area contributed by atoms with E-state index in [9.17, 15) is 0 Å². The van der Waals surface area contributed by atoms with Gasteiger partial charge >= 0.3 is 0 Å². The van der Waals surface area contributed by atoms with E-state index in [1.807, 2.05) is 12.3 Å². The molecule has 7 aromatic rings. The van der Waals surface area contributed by atoms with Gasteiger partial charge in [0.15, 0.2) is 0 Å². The molecule has 4 heterocycles. The number of fused-ring (bicyclic) bond motifs is 2. The van der Waals surface area contributed by atoms with Crippen LogP contribution in [0, 0.1) is 0 Å². The summed E-state index contributed by atoms with van der Waals surface area (Å²) in [7, 11) is 0. The Hall–Kier alpha value is -5.19. The molecule has 0 spiro atoms. The van der Waals surface area contributed by atoms with Gasteiger partial charge in [-0.05, 0) is 77.2 Å². The van der Waals surface area contributed by atoms with Crippen LogP contribution in [0.3, 0.4) is 0 Å². The largest absolute Gasteiger partial charge is 0.280 e. The van der Waals surface area contributed by atoms with Gasteiger partial charge in [0.05, 0.1) is 40.6 Å². The summed E-state index contributed by atoms with van der Waals surface area (Å²) in [6.45, 7) is 0.733. The lowest BCUT2D eigenvalue weighted by molar-refractivity contribution is 0.0674. The van der Waals surface area contributed by atoms with Crippen LogP contribution in [-0.2, 0) is 6.54 Å². The molecule has 1 aliphatic heterocycles. The third-order valence-electron chi connectivity index (χ3n) is 9.18. The second-order valence-corrected chi connectivity index (χ2v) is 11.9. The number of rotatable bonds is 6. The Labute approximate surface area is 264 Å². The fourth-order valence-electron chi connectivity index (χ4n) is 7.06. The maximum atomic E-state index is 5.35. The van der Waals surface area contributed by atoms with Crippen molar-refractivity contribution in [3.63, 3.8) is 0 Å². The van der Waals surface area contributed by atoms with Gasteiger partial charge in [0.25, 0.3) is 0 Å². The Morgan fingerprint density at radius 2 is 1.02 bits per heavy atom. The van der Waals surface area contributed by atoms with Crippen molar-refractivity contribution in [1.29, 1.82) is 0 Å². The molecule has 45 heavy (non-hydrogen) atoms. The number of hydrogen-bond acceptors (Lipinski definition) is 4. The third kappa shape index (κ3) is 5.39. The zero-order chi connectivity index (χ0) is 30.0. The fourth-order valence-corrected chi connectivity index (χ4v) is 7.06. The van der Waals surface area contributed by atoms with E-state index in [1.54, 1.807) is 0 Å². The zero-order valence-electron chi connectivity index (χ0n) is 25.1. The molecular weight excluding hydrogens is 548 g/mol. The predicted octanol–water partition coefficient (Wildman–Crippen LogP) is 9.98. The van der Waals surface area contributed by atoms with Gasteiger partial charge in [-0.2, -0.15) is 0 Å². The fraction of sp³-hybridized carbons (Fsp3) is 0.146. The number of hydrogen-bond donors (Lipinski definition) is 0. The molecule has 1 saturated heterocycles. The lowest BCUT2D eigenvalue weighted by atomic mass is 9.90. The van der Waals surface area contributed by atoms with Gasteiger partial charge in [0.1, 0.15) is 0 Å². The monoisotopic (exact) mass is 582 g/mol. The second kappa shape index (κ2) is 12.1. The first-order valence-electron chi connectivity index (χ1n) is 15.9. The van der Waals surface area contributed by atoms with Crippen molar-refractivity contribution < 1.29 is 0 Å². The van der Waals surface area contributed by atoms with Crippen LogP contribution in [0.4, 0.5) is 0 Å². The summed E-state index contributed by atoms with van der Waals surface area (Å²) < 4.78 is 0. The first kappa shape index (κ1) is 27.4. The summed E-state index contributed by atoms with van der Waals surface area (Å²) in [5, 5.41) is 4.92. The minimum absolute atomic E-state index is 0.142. The highest BCUT2D eigenvalue weighted by Gasteiger charge is 2.34. The number of pyridine rings is 3. The van der Waals surface area contributed by atoms with Crippen molar-refractivity contribution in [3.05, 3.63) is 163 Å². The maximum absolute atomic E-state index is 5.35. The van der Waals surface area contributed by atoms with Gasteiger partial charge in [-0.25, -0.2) is 0 Å². The van der Waals surface area contributed by atoms with E-state index < -0.39 is 0 Å². The molecule has 0 unspecified atom stereocenters. The topological polar surface area (TPSA) is 41.9 Å². The minimum Gasteiger partial charge on any atom is -0.280 e. The Bertz CT molecular complexity index is 1960. The molecule has 1 aliphatic rings. The van der Waals surface area contributed by atoms with Crippen LogP contribution in [-0.4, -0.2) is 19.9 Å². The highest BCUT2D eigenvalue weighted by Crippen LogP contribution is 2.43. The molecule has 4 nitrogen and oxygen atoms in total. The van der Waals surface area contributed by atoms with Gasteiger partial charge in [-0.1, -0.05) is 103 Å². The summed E-state index contributed by atoms with van der Waals surface area (Å²) in [6.07, 6.45) is 5.08. The van der Waals surface area contributed by atoms with E-state index in [0.717, 1.165) is 54.3 Å². The summed E-state index contributed by atoms with van der Waals surface area (Å²) in [6, 6.07) is 49.6. The van der Waals surface area contributed by atoms with Gasteiger partial charge in [0, 0.05) is 23.9 Å². The molecule has 4 heteroatoms. The van der Waals surface area contributed by atoms with Crippen molar-refractivity contribution >= 4 is 21.5 Å². The number of benzene rings is 4. The Balaban J connectivity index is 1.20. The van der Waals surface area contributed by atoms with Crippen LogP contribution in [0.1, 0.15) is 48.4 Å². The Morgan fingerprint density at radius 3 is 1.58 bits per heavy atom. The predicted molar refractivity (Wildman–Crippen MR) is 183 cm³/mol. The molecule has 0 amide bonds. The smallest absolute Gasteiger partial charge is 0.0712 e. The quantitative estimate of drug-likeness (QED) is 0.196. The average Bonchev–Trinajstić information content (AvgIpc) is 3.12. The maximum Gasteiger partial charge on any atom is 0.0712 e. The summed E-state index contributed by atoms with van der Waals surface area (Å²) in [5.74, 6) is 0. The number of aromatic nitrogens is 3. The molecular formula is C41H34N4. The van der Waals surface area contributed by atoms with E-state index in [1.165, 1.54) is 32.7 Å². The van der Waals surface area contributed by atoms with Crippen LogP contribution in [0.2, 0.25) is 0 Å². The van der Waals surface area contributed by atoms with Gasteiger partial charge in [-0.3, -0.25) is 19.9 Å². The lowest BCUT2D eigenvalue weighted by Crippen LogP contribution is -2.37. The SMILES string of the molecule is c1ccc(CN2[C@H](c3cccc(-c4cccc5ccccc45)n3)CCC[C@H]2c2cccc(-c3cccc4ccccc34)n2)nc1. The van der Waals surface area contributed by atoms with E-state index in [0.29, 0.717) is 0 Å². The normalized spacial score (nSPS) is 17.1. The van der Waals surface area contributed by atoms with Crippen molar-refractivity contribution in [2.75, 3.05) is 0 Å².